The summed E-state index contributed by atoms with van der Waals surface area (Å²) in [6.45, 7) is 5.99. The highest BCUT2D eigenvalue weighted by atomic mass is 16.6. The molecule has 1 fully saturated rings. The van der Waals surface area contributed by atoms with Gasteiger partial charge in [-0.05, 0) is 26.0 Å². The minimum atomic E-state index is -1.23. The fraction of sp³-hybridized carbons (Fsp3) is 0.500. The topological polar surface area (TPSA) is 88.2 Å². The van der Waals surface area contributed by atoms with E-state index in [1.54, 1.807) is 41.8 Å². The van der Waals surface area contributed by atoms with Crippen LogP contribution in [0.2, 0.25) is 0 Å². The van der Waals surface area contributed by atoms with E-state index in [1.165, 1.54) is 0 Å². The molecule has 3 rings (SSSR count). The lowest BCUT2D eigenvalue weighted by Crippen LogP contribution is -2.54. The molecule has 0 spiro atoms. The van der Waals surface area contributed by atoms with Crippen LogP contribution in [-0.4, -0.2) is 67.4 Å². The van der Waals surface area contributed by atoms with Gasteiger partial charge in [0.1, 0.15) is 18.6 Å². The Kier molecular flexibility index (Phi) is 5.01. The molecule has 0 radical (unpaired) electrons. The Balaban J connectivity index is 1.66. The second kappa shape index (κ2) is 7.23. The number of piperazine rings is 1. The molecule has 1 aromatic rings. The summed E-state index contributed by atoms with van der Waals surface area (Å²) in [6.07, 6.45) is 0.779. The molecule has 0 atom stereocenters. The van der Waals surface area contributed by atoms with Gasteiger partial charge in [-0.25, -0.2) is 0 Å². The maximum absolute atomic E-state index is 12.8. The summed E-state index contributed by atoms with van der Waals surface area (Å²) in [6, 6.07) is 5.14. The minimum Gasteiger partial charge on any atom is -0.486 e. The van der Waals surface area contributed by atoms with Crippen molar-refractivity contribution in [3.63, 3.8) is 0 Å². The van der Waals surface area contributed by atoms with Gasteiger partial charge in [0.15, 0.2) is 11.5 Å². The van der Waals surface area contributed by atoms with Crippen molar-refractivity contribution in [3.8, 4) is 11.5 Å². The number of rotatable bonds is 4. The van der Waals surface area contributed by atoms with Crippen LogP contribution in [0.5, 0.6) is 11.5 Å². The molecule has 0 aromatic heterocycles. The van der Waals surface area contributed by atoms with Crippen LogP contribution < -0.4 is 14.8 Å². The van der Waals surface area contributed by atoms with Crippen LogP contribution in [0.4, 0.5) is 5.69 Å². The van der Waals surface area contributed by atoms with Gasteiger partial charge in [-0.3, -0.25) is 14.4 Å². The van der Waals surface area contributed by atoms with E-state index in [4.69, 9.17) is 9.47 Å². The van der Waals surface area contributed by atoms with Crippen molar-refractivity contribution in [1.82, 2.24) is 9.80 Å². The molecule has 2 aliphatic rings. The second-order valence-corrected chi connectivity index (χ2v) is 6.87. The van der Waals surface area contributed by atoms with Gasteiger partial charge in [0.25, 0.3) is 0 Å². The van der Waals surface area contributed by atoms with E-state index in [1.807, 2.05) is 0 Å². The van der Waals surface area contributed by atoms with Crippen molar-refractivity contribution in [1.29, 1.82) is 0 Å². The summed E-state index contributed by atoms with van der Waals surface area (Å²) in [5, 5.41) is 2.78. The first-order valence-electron chi connectivity index (χ1n) is 8.61. The third kappa shape index (κ3) is 3.58. The van der Waals surface area contributed by atoms with Gasteiger partial charge in [-0.2, -0.15) is 0 Å². The molecule has 8 nitrogen and oxygen atoms in total. The molecular weight excluding hydrogens is 338 g/mol. The van der Waals surface area contributed by atoms with Crippen molar-refractivity contribution in [3.05, 3.63) is 18.2 Å². The Morgan fingerprint density at radius 1 is 1.08 bits per heavy atom. The molecule has 8 heteroatoms. The van der Waals surface area contributed by atoms with E-state index in [9.17, 15) is 14.4 Å². The molecule has 0 aliphatic carbocycles. The molecule has 26 heavy (non-hydrogen) atoms. The Morgan fingerprint density at radius 3 is 2.38 bits per heavy atom. The monoisotopic (exact) mass is 361 g/mol. The zero-order valence-corrected chi connectivity index (χ0v) is 15.0. The molecule has 0 bridgehead atoms. The first-order valence-corrected chi connectivity index (χ1v) is 8.61. The van der Waals surface area contributed by atoms with Gasteiger partial charge < -0.3 is 24.6 Å². The summed E-state index contributed by atoms with van der Waals surface area (Å²) in [5.74, 6) is 0.566. The number of nitrogens with zero attached hydrogens (tertiary/aromatic N) is 2. The maximum atomic E-state index is 12.8. The van der Waals surface area contributed by atoms with Crippen LogP contribution in [0, 0.1) is 5.41 Å². The highest BCUT2D eigenvalue weighted by Gasteiger charge is 2.40. The molecule has 0 unspecified atom stereocenters. The fourth-order valence-corrected chi connectivity index (χ4v) is 2.93. The van der Waals surface area contributed by atoms with E-state index in [0.29, 0.717) is 56.6 Å². The second-order valence-electron chi connectivity index (χ2n) is 6.87. The fourth-order valence-electron chi connectivity index (χ4n) is 2.93. The van der Waals surface area contributed by atoms with E-state index < -0.39 is 11.3 Å². The quantitative estimate of drug-likeness (QED) is 0.631. The standard InChI is InChI=1S/C18H23N3O5/c1-18(2,17(24)21-7-5-20(12-22)6-8-21)16(23)19-13-3-4-14-15(11-13)26-10-9-25-14/h3-4,11-12H,5-10H2,1-2H3,(H,19,23). The zero-order chi connectivity index (χ0) is 18.7. The Labute approximate surface area is 152 Å². The van der Waals surface area contributed by atoms with Crippen molar-refractivity contribution in [2.75, 3.05) is 44.7 Å². The first kappa shape index (κ1) is 18.0. The molecule has 0 saturated carbocycles. The number of ether oxygens (including phenoxy) is 2. The van der Waals surface area contributed by atoms with E-state index >= 15 is 0 Å². The van der Waals surface area contributed by atoms with Crippen LogP contribution in [0.25, 0.3) is 0 Å². The smallest absolute Gasteiger partial charge is 0.239 e. The first-order chi connectivity index (χ1) is 12.4. The van der Waals surface area contributed by atoms with Gasteiger partial charge in [-0.1, -0.05) is 0 Å². The summed E-state index contributed by atoms with van der Waals surface area (Å²) in [5.41, 5.74) is -0.678. The van der Waals surface area contributed by atoms with Crippen molar-refractivity contribution >= 4 is 23.9 Å². The highest BCUT2D eigenvalue weighted by Crippen LogP contribution is 2.33. The zero-order valence-electron chi connectivity index (χ0n) is 15.0. The van der Waals surface area contributed by atoms with E-state index in [-0.39, 0.29) is 5.91 Å². The largest absolute Gasteiger partial charge is 0.486 e. The number of benzene rings is 1. The molecule has 2 aliphatic heterocycles. The number of hydrogen-bond acceptors (Lipinski definition) is 5. The number of amides is 3. The minimum absolute atomic E-state index is 0.252. The van der Waals surface area contributed by atoms with Crippen LogP contribution in [-0.2, 0) is 14.4 Å². The number of anilines is 1. The predicted molar refractivity (Wildman–Crippen MR) is 94.1 cm³/mol. The van der Waals surface area contributed by atoms with Crippen LogP contribution in [0.3, 0.4) is 0 Å². The van der Waals surface area contributed by atoms with Crippen LogP contribution in [0.1, 0.15) is 13.8 Å². The molecule has 3 amide bonds. The van der Waals surface area contributed by atoms with Gasteiger partial charge in [0.2, 0.25) is 18.2 Å². The molecule has 2 heterocycles. The maximum Gasteiger partial charge on any atom is 0.239 e. The number of nitrogens with one attached hydrogen (secondary N) is 1. The molecular formula is C18H23N3O5. The lowest BCUT2D eigenvalue weighted by molar-refractivity contribution is -0.148. The van der Waals surface area contributed by atoms with Gasteiger partial charge in [-0.15, -0.1) is 0 Å². The van der Waals surface area contributed by atoms with Crippen LogP contribution >= 0.6 is 0 Å². The van der Waals surface area contributed by atoms with Gasteiger partial charge >= 0.3 is 0 Å². The normalized spacial score (nSPS) is 16.8. The predicted octanol–water partition coefficient (Wildman–Crippen LogP) is 0.723. The summed E-state index contributed by atoms with van der Waals surface area (Å²) in [4.78, 5) is 39.5. The summed E-state index contributed by atoms with van der Waals surface area (Å²) < 4.78 is 11.0. The number of hydrogen-bond donors (Lipinski definition) is 1. The summed E-state index contributed by atoms with van der Waals surface area (Å²) >= 11 is 0. The number of fused-ring (bicyclic) bond motifs is 1. The van der Waals surface area contributed by atoms with Gasteiger partial charge in [0.05, 0.1) is 0 Å². The molecule has 1 N–H and O–H groups in total. The van der Waals surface area contributed by atoms with Crippen molar-refractivity contribution in [2.24, 2.45) is 5.41 Å². The van der Waals surface area contributed by atoms with E-state index in [0.717, 1.165) is 6.41 Å². The molecule has 1 saturated heterocycles. The van der Waals surface area contributed by atoms with Crippen molar-refractivity contribution < 1.29 is 23.9 Å². The highest BCUT2D eigenvalue weighted by molar-refractivity contribution is 6.10. The SMILES string of the molecule is CC(C)(C(=O)Nc1ccc2c(c1)OCCO2)C(=O)N1CCN(C=O)CC1. The molecule has 140 valence electrons. The van der Waals surface area contributed by atoms with Gasteiger partial charge in [0, 0.05) is 37.9 Å². The Hall–Kier alpha value is -2.77. The average Bonchev–Trinajstić information content (AvgIpc) is 2.67. The Bertz CT molecular complexity index is 711. The number of carbonyl (C=O) groups is 3. The van der Waals surface area contributed by atoms with E-state index in [2.05, 4.69) is 5.32 Å². The third-order valence-corrected chi connectivity index (χ3v) is 4.65. The lowest BCUT2D eigenvalue weighted by Gasteiger charge is -2.36. The average molecular weight is 361 g/mol. The third-order valence-electron chi connectivity index (χ3n) is 4.65. The Morgan fingerprint density at radius 2 is 1.73 bits per heavy atom. The number of carbonyl (C=O) groups excluding carboxylic acids is 3. The van der Waals surface area contributed by atoms with Crippen molar-refractivity contribution in [2.45, 2.75) is 13.8 Å². The molecule has 1 aromatic carbocycles. The lowest BCUT2D eigenvalue weighted by atomic mass is 9.89. The van der Waals surface area contributed by atoms with Crippen LogP contribution in [0.15, 0.2) is 18.2 Å². The summed E-state index contributed by atoms with van der Waals surface area (Å²) in [7, 11) is 0.